The van der Waals surface area contributed by atoms with Crippen LogP contribution in [0.1, 0.15) is 16.1 Å². The van der Waals surface area contributed by atoms with Crippen molar-refractivity contribution in [3.8, 4) is 5.75 Å². The molecule has 0 unspecified atom stereocenters. The summed E-state index contributed by atoms with van der Waals surface area (Å²) in [4.78, 5) is 25.2. The minimum atomic E-state index is -0.614. The second kappa shape index (κ2) is 6.24. The molecule has 1 aromatic carbocycles. The first-order chi connectivity index (χ1) is 10.1. The van der Waals surface area contributed by atoms with E-state index in [0.29, 0.717) is 5.56 Å². The van der Waals surface area contributed by atoms with Crippen molar-refractivity contribution in [1.82, 2.24) is 10.4 Å². The topological polar surface area (TPSA) is 118 Å². The van der Waals surface area contributed by atoms with Gasteiger partial charge in [0, 0.05) is 11.6 Å². The van der Waals surface area contributed by atoms with Crippen LogP contribution < -0.4 is 5.43 Å². The Hall–Kier alpha value is -3.29. The summed E-state index contributed by atoms with van der Waals surface area (Å²) in [5, 5.41) is 23.6. The molecule has 8 nitrogen and oxygen atoms in total. The van der Waals surface area contributed by atoms with Crippen LogP contribution in [0.15, 0.2) is 47.7 Å². The first-order valence-electron chi connectivity index (χ1n) is 5.80. The maximum absolute atomic E-state index is 11.7. The quantitative estimate of drug-likeness (QED) is 0.501. The van der Waals surface area contributed by atoms with Crippen LogP contribution in [0, 0.1) is 10.1 Å². The average Bonchev–Trinajstić information content (AvgIpc) is 2.49. The first-order valence-corrected chi connectivity index (χ1v) is 5.80. The Balaban J connectivity index is 2.02. The van der Waals surface area contributed by atoms with E-state index < -0.39 is 10.8 Å². The predicted octanol–water partition coefficient (Wildman–Crippen LogP) is 1.46. The van der Waals surface area contributed by atoms with Gasteiger partial charge >= 0.3 is 0 Å². The summed E-state index contributed by atoms with van der Waals surface area (Å²) in [6.45, 7) is 0. The van der Waals surface area contributed by atoms with E-state index in [1.807, 2.05) is 0 Å². The number of benzene rings is 1. The van der Waals surface area contributed by atoms with Crippen LogP contribution in [-0.2, 0) is 0 Å². The number of nitrogens with zero attached hydrogens (tertiary/aromatic N) is 3. The van der Waals surface area contributed by atoms with Gasteiger partial charge in [0.05, 0.1) is 11.1 Å². The molecule has 2 N–H and O–H groups in total. The van der Waals surface area contributed by atoms with E-state index in [0.717, 1.165) is 6.20 Å². The molecular formula is C13H10N4O4. The highest BCUT2D eigenvalue weighted by atomic mass is 16.6. The maximum atomic E-state index is 11.7. The van der Waals surface area contributed by atoms with Gasteiger partial charge in [-0.1, -0.05) is 12.1 Å². The largest absolute Gasteiger partial charge is 0.507 e. The number of hydrogen-bond donors (Lipinski definition) is 2. The van der Waals surface area contributed by atoms with Crippen molar-refractivity contribution < 1.29 is 14.8 Å². The highest BCUT2D eigenvalue weighted by Crippen LogP contribution is 2.12. The summed E-state index contributed by atoms with van der Waals surface area (Å²) in [6.07, 6.45) is 2.26. The minimum absolute atomic E-state index is 0.00460. The second-order valence-corrected chi connectivity index (χ2v) is 3.92. The molecule has 0 bridgehead atoms. The summed E-state index contributed by atoms with van der Waals surface area (Å²) in [5.41, 5.74) is 2.44. The molecule has 8 heteroatoms. The third-order valence-electron chi connectivity index (χ3n) is 2.50. The highest BCUT2D eigenvalue weighted by molar-refractivity contribution is 5.93. The van der Waals surface area contributed by atoms with Gasteiger partial charge in [0.2, 0.25) is 0 Å². The van der Waals surface area contributed by atoms with Gasteiger partial charge in [0.25, 0.3) is 11.6 Å². The van der Waals surface area contributed by atoms with E-state index in [1.165, 1.54) is 24.4 Å². The predicted molar refractivity (Wildman–Crippen MR) is 74.1 cm³/mol. The van der Waals surface area contributed by atoms with Gasteiger partial charge in [-0.15, -0.1) is 0 Å². The van der Waals surface area contributed by atoms with Gasteiger partial charge in [-0.2, -0.15) is 5.10 Å². The summed E-state index contributed by atoms with van der Waals surface area (Å²) in [5.74, 6) is -0.583. The van der Waals surface area contributed by atoms with Gasteiger partial charge in [-0.25, -0.2) is 10.4 Å². The van der Waals surface area contributed by atoms with Crippen molar-refractivity contribution in [1.29, 1.82) is 0 Å². The number of phenolic OH excluding ortho intramolecular Hbond substituents is 1. The molecule has 0 aliphatic rings. The van der Waals surface area contributed by atoms with Crippen molar-refractivity contribution in [2.24, 2.45) is 5.10 Å². The van der Waals surface area contributed by atoms with E-state index in [-0.39, 0.29) is 17.1 Å². The number of carbonyl (C=O) groups excluding carboxylic acids is 1. The fourth-order valence-electron chi connectivity index (χ4n) is 1.44. The van der Waals surface area contributed by atoms with Crippen molar-refractivity contribution in [2.75, 3.05) is 0 Å². The number of aromatic hydroxyl groups is 1. The number of hydrazone groups is 1. The van der Waals surface area contributed by atoms with Crippen LogP contribution >= 0.6 is 0 Å². The number of carbonyl (C=O) groups is 1. The number of para-hydroxylation sites is 1. The fraction of sp³-hybridized carbons (Fsp3) is 0. The Morgan fingerprint density at radius 2 is 2.10 bits per heavy atom. The number of pyridine rings is 1. The van der Waals surface area contributed by atoms with Crippen molar-refractivity contribution >= 4 is 17.8 Å². The molecule has 2 rings (SSSR count). The van der Waals surface area contributed by atoms with E-state index in [2.05, 4.69) is 15.5 Å². The number of phenols is 1. The Labute approximate surface area is 118 Å². The van der Waals surface area contributed by atoms with Gasteiger partial charge < -0.3 is 5.11 Å². The molecule has 0 aliphatic heterocycles. The van der Waals surface area contributed by atoms with E-state index in [4.69, 9.17) is 0 Å². The summed E-state index contributed by atoms with van der Waals surface area (Å²) < 4.78 is 0. The zero-order chi connectivity index (χ0) is 15.2. The molecule has 1 amide bonds. The lowest BCUT2D eigenvalue weighted by molar-refractivity contribution is -0.385. The van der Waals surface area contributed by atoms with Crippen LogP contribution in [-0.4, -0.2) is 27.1 Å². The zero-order valence-corrected chi connectivity index (χ0v) is 10.6. The molecular weight excluding hydrogens is 276 g/mol. The Morgan fingerprint density at radius 1 is 1.33 bits per heavy atom. The Kier molecular flexibility index (Phi) is 4.20. The smallest absolute Gasteiger partial charge is 0.289 e. The van der Waals surface area contributed by atoms with E-state index in [1.54, 1.807) is 18.2 Å². The number of hydrogen-bond acceptors (Lipinski definition) is 6. The van der Waals surface area contributed by atoms with Gasteiger partial charge in [-0.05, 0) is 18.2 Å². The van der Waals surface area contributed by atoms with Crippen LogP contribution in [0.5, 0.6) is 5.75 Å². The fourth-order valence-corrected chi connectivity index (χ4v) is 1.44. The lowest BCUT2D eigenvalue weighted by Gasteiger charge is -1.99. The van der Waals surface area contributed by atoms with Gasteiger partial charge in [-0.3, -0.25) is 14.9 Å². The third-order valence-corrected chi connectivity index (χ3v) is 2.50. The molecule has 0 atom stereocenters. The molecule has 0 radical (unpaired) electrons. The van der Waals surface area contributed by atoms with Crippen LogP contribution in [0.2, 0.25) is 0 Å². The molecule has 0 fully saturated rings. The third kappa shape index (κ3) is 3.60. The van der Waals surface area contributed by atoms with Crippen LogP contribution in [0.25, 0.3) is 0 Å². The van der Waals surface area contributed by atoms with Crippen LogP contribution in [0.3, 0.4) is 0 Å². The Bertz CT molecular complexity index is 698. The molecule has 0 aliphatic carbocycles. The summed E-state index contributed by atoms with van der Waals surface area (Å²) >= 11 is 0. The zero-order valence-electron chi connectivity index (χ0n) is 10.6. The molecule has 0 saturated carbocycles. The van der Waals surface area contributed by atoms with E-state index in [9.17, 15) is 20.0 Å². The van der Waals surface area contributed by atoms with Crippen molar-refractivity contribution in [3.63, 3.8) is 0 Å². The number of aromatic nitrogens is 1. The number of amides is 1. The first kappa shape index (κ1) is 14.1. The maximum Gasteiger partial charge on any atom is 0.289 e. The molecule has 106 valence electrons. The Morgan fingerprint density at radius 3 is 2.71 bits per heavy atom. The normalized spacial score (nSPS) is 10.5. The van der Waals surface area contributed by atoms with E-state index >= 15 is 0 Å². The molecule has 2 aromatic rings. The average molecular weight is 286 g/mol. The monoisotopic (exact) mass is 286 g/mol. The van der Waals surface area contributed by atoms with Gasteiger partial charge in [0.15, 0.2) is 0 Å². The van der Waals surface area contributed by atoms with Gasteiger partial charge in [0.1, 0.15) is 17.6 Å². The molecule has 21 heavy (non-hydrogen) atoms. The standard InChI is InChI=1S/C13H10N4O4/c18-12-4-2-1-3-9(12)7-15-16-13(19)11-6-5-10(8-14-11)17(20)21/h1-8,18H,(H,16,19)/b15-7+. The minimum Gasteiger partial charge on any atom is -0.507 e. The molecule has 0 spiro atoms. The summed E-state index contributed by atoms with van der Waals surface area (Å²) in [7, 11) is 0. The SMILES string of the molecule is O=C(N/N=C/c1ccccc1O)c1ccc([N+](=O)[O-])cn1. The number of rotatable bonds is 4. The molecule has 1 heterocycles. The number of nitrogens with one attached hydrogen (secondary N) is 1. The lowest BCUT2D eigenvalue weighted by Crippen LogP contribution is -2.18. The van der Waals surface area contributed by atoms with Crippen LogP contribution in [0.4, 0.5) is 5.69 Å². The van der Waals surface area contributed by atoms with Crippen molar-refractivity contribution in [2.45, 2.75) is 0 Å². The highest BCUT2D eigenvalue weighted by Gasteiger charge is 2.10. The molecule has 1 aromatic heterocycles. The van der Waals surface area contributed by atoms with Crippen molar-refractivity contribution in [3.05, 3.63) is 64.0 Å². The second-order valence-electron chi connectivity index (χ2n) is 3.92. The summed E-state index contributed by atoms with van der Waals surface area (Å²) in [6, 6.07) is 8.88. The lowest BCUT2D eigenvalue weighted by atomic mass is 10.2. The molecule has 0 saturated heterocycles. The number of nitro groups is 1.